The maximum absolute atomic E-state index is 13.4. The summed E-state index contributed by atoms with van der Waals surface area (Å²) < 4.78 is 40.0. The van der Waals surface area contributed by atoms with Gasteiger partial charge in [-0.15, -0.1) is 0 Å². The molecule has 7 heteroatoms. The zero-order valence-electron chi connectivity index (χ0n) is 16.1. The molecule has 2 aromatic rings. The summed E-state index contributed by atoms with van der Waals surface area (Å²) in [6.45, 7) is 1.83. The van der Waals surface area contributed by atoms with Gasteiger partial charge in [0.2, 0.25) is 10.0 Å². The fourth-order valence-electron chi connectivity index (χ4n) is 4.92. The highest BCUT2D eigenvalue weighted by atomic mass is 32.2. The molecule has 0 amide bonds. The molecule has 150 valence electrons. The van der Waals surface area contributed by atoms with Crippen LogP contribution in [0.15, 0.2) is 41.3 Å². The van der Waals surface area contributed by atoms with Crippen molar-refractivity contribution in [1.82, 2.24) is 4.31 Å². The van der Waals surface area contributed by atoms with Crippen molar-refractivity contribution in [3.05, 3.63) is 53.1 Å². The van der Waals surface area contributed by atoms with Crippen LogP contribution >= 0.6 is 0 Å². The third kappa shape index (κ3) is 2.98. The average Bonchev–Trinajstić information content (AvgIpc) is 3.21. The van der Waals surface area contributed by atoms with E-state index in [1.165, 1.54) is 17.7 Å². The van der Waals surface area contributed by atoms with E-state index < -0.39 is 10.0 Å². The van der Waals surface area contributed by atoms with Gasteiger partial charge in [-0.2, -0.15) is 9.57 Å². The Kier molecular flexibility index (Phi) is 4.30. The first kappa shape index (κ1) is 18.5. The number of rotatable bonds is 2. The number of hydrogen-bond acceptors (Lipinski definition) is 5. The van der Waals surface area contributed by atoms with Crippen LogP contribution in [0.3, 0.4) is 0 Å². The molecule has 3 aliphatic rings. The summed E-state index contributed by atoms with van der Waals surface area (Å²) in [5, 5.41) is 8.99. The van der Waals surface area contributed by atoms with Gasteiger partial charge in [-0.25, -0.2) is 8.42 Å². The summed E-state index contributed by atoms with van der Waals surface area (Å²) in [5.74, 6) is 1.46. The summed E-state index contributed by atoms with van der Waals surface area (Å²) >= 11 is 0. The number of fused-ring (bicyclic) bond motifs is 3. The van der Waals surface area contributed by atoms with Gasteiger partial charge in [0.15, 0.2) is 11.5 Å². The first-order chi connectivity index (χ1) is 14.0. The fraction of sp³-hybridized carbons (Fsp3) is 0.409. The van der Waals surface area contributed by atoms with Crippen LogP contribution in [-0.2, 0) is 22.0 Å². The molecular weight excluding hydrogens is 388 g/mol. The molecule has 0 bridgehead atoms. The van der Waals surface area contributed by atoms with Gasteiger partial charge in [0.05, 0.1) is 16.5 Å². The second-order valence-electron chi connectivity index (χ2n) is 8.05. The first-order valence-corrected chi connectivity index (χ1v) is 11.4. The number of hydrogen-bond donors (Lipinski definition) is 0. The molecule has 1 aliphatic carbocycles. The molecule has 2 heterocycles. The summed E-state index contributed by atoms with van der Waals surface area (Å²) in [6.07, 6.45) is 4.13. The van der Waals surface area contributed by atoms with Crippen molar-refractivity contribution >= 4 is 10.0 Å². The lowest BCUT2D eigenvalue weighted by Gasteiger charge is -2.42. The van der Waals surface area contributed by atoms with Crippen molar-refractivity contribution < 1.29 is 17.9 Å². The lowest BCUT2D eigenvalue weighted by Crippen LogP contribution is -2.46. The Bertz CT molecular complexity index is 1100. The zero-order valence-corrected chi connectivity index (χ0v) is 16.9. The van der Waals surface area contributed by atoms with Crippen LogP contribution in [0.1, 0.15) is 42.4 Å². The molecule has 0 aromatic heterocycles. The summed E-state index contributed by atoms with van der Waals surface area (Å²) in [4.78, 5) is 0.227. The molecule has 2 aromatic carbocycles. The van der Waals surface area contributed by atoms with E-state index in [2.05, 4.69) is 6.07 Å². The van der Waals surface area contributed by atoms with E-state index in [4.69, 9.17) is 14.7 Å². The summed E-state index contributed by atoms with van der Waals surface area (Å²) in [6, 6.07) is 12.2. The molecule has 1 spiro atoms. The van der Waals surface area contributed by atoms with Crippen LogP contribution in [0.4, 0.5) is 0 Å². The predicted octanol–water partition coefficient (Wildman–Crippen LogP) is 3.35. The Labute approximate surface area is 170 Å². The Balaban J connectivity index is 1.58. The second-order valence-corrected chi connectivity index (χ2v) is 9.99. The molecule has 0 saturated heterocycles. The van der Waals surface area contributed by atoms with Crippen LogP contribution in [-0.4, -0.2) is 32.5 Å². The van der Waals surface area contributed by atoms with Crippen LogP contribution in [0.25, 0.3) is 0 Å². The summed E-state index contributed by atoms with van der Waals surface area (Å²) in [7, 11) is -3.66. The quantitative estimate of drug-likeness (QED) is 0.759. The van der Waals surface area contributed by atoms with Gasteiger partial charge in [0, 0.05) is 18.5 Å². The molecule has 2 aliphatic heterocycles. The molecule has 0 radical (unpaired) electrons. The van der Waals surface area contributed by atoms with E-state index in [9.17, 15) is 8.42 Å². The maximum atomic E-state index is 13.4. The van der Waals surface area contributed by atoms with Crippen molar-refractivity contribution in [1.29, 1.82) is 5.26 Å². The van der Waals surface area contributed by atoms with E-state index in [0.717, 1.165) is 37.0 Å². The standard InChI is InChI=1S/C22H22N2O4S/c23-13-16-3-5-18(6-4-16)29(25,26)24-14-17-11-20-21(28-10-9-27-20)12-19(17)22(15-24)7-1-2-8-22/h3-6,11-12H,1-2,7-10,14-15H2. The third-order valence-electron chi connectivity index (χ3n) is 6.35. The van der Waals surface area contributed by atoms with Gasteiger partial charge >= 0.3 is 0 Å². The van der Waals surface area contributed by atoms with Crippen LogP contribution in [0.5, 0.6) is 11.5 Å². The maximum Gasteiger partial charge on any atom is 0.243 e. The van der Waals surface area contributed by atoms with E-state index >= 15 is 0 Å². The van der Waals surface area contributed by atoms with Gasteiger partial charge in [0.1, 0.15) is 13.2 Å². The first-order valence-electron chi connectivity index (χ1n) is 9.95. The minimum Gasteiger partial charge on any atom is -0.486 e. The van der Waals surface area contributed by atoms with E-state index in [0.29, 0.717) is 37.6 Å². The van der Waals surface area contributed by atoms with Crippen LogP contribution < -0.4 is 9.47 Å². The minimum absolute atomic E-state index is 0.177. The van der Waals surface area contributed by atoms with Crippen molar-refractivity contribution in [3.8, 4) is 17.6 Å². The van der Waals surface area contributed by atoms with Crippen molar-refractivity contribution in [2.75, 3.05) is 19.8 Å². The topological polar surface area (TPSA) is 79.6 Å². The van der Waals surface area contributed by atoms with E-state index in [1.54, 1.807) is 16.4 Å². The fourth-order valence-corrected chi connectivity index (χ4v) is 6.43. The largest absolute Gasteiger partial charge is 0.486 e. The van der Waals surface area contributed by atoms with Crippen molar-refractivity contribution in [3.63, 3.8) is 0 Å². The van der Waals surface area contributed by atoms with Crippen molar-refractivity contribution in [2.24, 2.45) is 0 Å². The number of benzene rings is 2. The molecule has 1 fully saturated rings. The Hall–Kier alpha value is -2.56. The predicted molar refractivity (Wildman–Crippen MR) is 106 cm³/mol. The molecule has 5 rings (SSSR count). The molecule has 6 nitrogen and oxygen atoms in total. The Morgan fingerprint density at radius 1 is 1.00 bits per heavy atom. The molecule has 0 unspecified atom stereocenters. The highest BCUT2D eigenvalue weighted by molar-refractivity contribution is 7.89. The number of nitriles is 1. The monoisotopic (exact) mass is 410 g/mol. The van der Waals surface area contributed by atoms with Gasteiger partial charge in [0.25, 0.3) is 0 Å². The van der Waals surface area contributed by atoms with Gasteiger partial charge in [-0.05, 0) is 60.4 Å². The smallest absolute Gasteiger partial charge is 0.243 e. The van der Waals surface area contributed by atoms with Crippen molar-refractivity contribution in [2.45, 2.75) is 42.5 Å². The molecule has 0 N–H and O–H groups in total. The third-order valence-corrected chi connectivity index (χ3v) is 8.15. The summed E-state index contributed by atoms with van der Waals surface area (Å²) in [5.41, 5.74) is 2.48. The minimum atomic E-state index is -3.66. The van der Waals surface area contributed by atoms with E-state index in [1.807, 2.05) is 12.1 Å². The van der Waals surface area contributed by atoms with Crippen LogP contribution in [0.2, 0.25) is 0 Å². The zero-order chi connectivity index (χ0) is 20.1. The average molecular weight is 410 g/mol. The SMILES string of the molecule is N#Cc1ccc(S(=O)(=O)N2Cc3cc4c(cc3C3(CCCC3)C2)OCCO4)cc1. The normalized spacial score (nSPS) is 20.2. The number of ether oxygens (including phenoxy) is 2. The Morgan fingerprint density at radius 3 is 2.31 bits per heavy atom. The highest BCUT2D eigenvalue weighted by Gasteiger charge is 2.45. The Morgan fingerprint density at radius 2 is 1.66 bits per heavy atom. The van der Waals surface area contributed by atoms with Gasteiger partial charge in [-0.1, -0.05) is 12.8 Å². The molecule has 1 saturated carbocycles. The molecule has 0 atom stereocenters. The number of sulfonamides is 1. The van der Waals surface area contributed by atoms with Gasteiger partial charge < -0.3 is 9.47 Å². The molecular formula is C22H22N2O4S. The van der Waals surface area contributed by atoms with E-state index in [-0.39, 0.29) is 10.3 Å². The molecule has 29 heavy (non-hydrogen) atoms. The van der Waals surface area contributed by atoms with Crippen LogP contribution in [0, 0.1) is 11.3 Å². The highest BCUT2D eigenvalue weighted by Crippen LogP contribution is 2.49. The lowest BCUT2D eigenvalue weighted by atomic mass is 9.74. The lowest BCUT2D eigenvalue weighted by molar-refractivity contribution is 0.169. The second kappa shape index (κ2) is 6.75. The van der Waals surface area contributed by atoms with Gasteiger partial charge in [-0.3, -0.25) is 0 Å². The number of nitrogens with zero attached hydrogens (tertiary/aromatic N) is 2.